The highest BCUT2D eigenvalue weighted by atomic mass is 16.5. The molecule has 0 aliphatic rings. The highest BCUT2D eigenvalue weighted by Crippen LogP contribution is 2.31. The van der Waals surface area contributed by atoms with E-state index in [0.717, 1.165) is 28.3 Å². The van der Waals surface area contributed by atoms with Gasteiger partial charge in [-0.3, -0.25) is 0 Å². The molecule has 0 aliphatic heterocycles. The fourth-order valence-electron chi connectivity index (χ4n) is 2.74. The molecular weight excluding hydrogens is 272 g/mol. The Morgan fingerprint density at radius 1 is 1.00 bits per heavy atom. The number of hydrogen-bond acceptors (Lipinski definition) is 2. The topological polar surface area (TPSA) is 26.3 Å². The van der Waals surface area contributed by atoms with Gasteiger partial charge in [0.2, 0.25) is 0 Å². The number of benzene rings is 3. The number of fused-ring (bicyclic) bond motifs is 1. The Hall–Kier alpha value is -2.61. The molecule has 2 heteroatoms. The first-order valence-electron chi connectivity index (χ1n) is 7.43. The zero-order chi connectivity index (χ0) is 15.5. The third-order valence-electron chi connectivity index (χ3n) is 3.93. The largest absolute Gasteiger partial charge is 0.465 e. The Labute approximate surface area is 130 Å². The molecule has 22 heavy (non-hydrogen) atoms. The van der Waals surface area contributed by atoms with E-state index >= 15 is 0 Å². The summed E-state index contributed by atoms with van der Waals surface area (Å²) in [4.78, 5) is 11.9. The second-order valence-electron chi connectivity index (χ2n) is 5.29. The van der Waals surface area contributed by atoms with E-state index in [1.807, 2.05) is 30.3 Å². The normalized spacial score (nSPS) is 10.6. The molecule has 2 nitrogen and oxygen atoms in total. The van der Waals surface area contributed by atoms with E-state index in [-0.39, 0.29) is 5.97 Å². The lowest BCUT2D eigenvalue weighted by molar-refractivity contribution is 0.0601. The van der Waals surface area contributed by atoms with E-state index in [9.17, 15) is 4.79 Å². The summed E-state index contributed by atoms with van der Waals surface area (Å²) >= 11 is 0. The van der Waals surface area contributed by atoms with Crippen molar-refractivity contribution in [1.82, 2.24) is 0 Å². The van der Waals surface area contributed by atoms with Gasteiger partial charge in [-0.1, -0.05) is 55.5 Å². The molecule has 0 spiro atoms. The fraction of sp³-hybridized carbons (Fsp3) is 0.150. The first-order chi connectivity index (χ1) is 10.7. The molecule has 3 aromatic rings. The van der Waals surface area contributed by atoms with Crippen molar-refractivity contribution in [2.75, 3.05) is 7.11 Å². The summed E-state index contributed by atoms with van der Waals surface area (Å²) in [6.07, 6.45) is 0.989. The molecule has 0 atom stereocenters. The van der Waals surface area contributed by atoms with Crippen molar-refractivity contribution >= 4 is 16.7 Å². The van der Waals surface area contributed by atoms with Crippen LogP contribution in [0, 0.1) is 0 Å². The van der Waals surface area contributed by atoms with Crippen LogP contribution in [-0.2, 0) is 11.2 Å². The molecule has 3 rings (SSSR count). The van der Waals surface area contributed by atoms with Crippen LogP contribution < -0.4 is 0 Å². The Morgan fingerprint density at radius 3 is 2.59 bits per heavy atom. The fourth-order valence-corrected chi connectivity index (χ4v) is 2.74. The van der Waals surface area contributed by atoms with Crippen molar-refractivity contribution in [3.63, 3.8) is 0 Å². The quantitative estimate of drug-likeness (QED) is 0.644. The van der Waals surface area contributed by atoms with Gasteiger partial charge >= 0.3 is 5.97 Å². The van der Waals surface area contributed by atoms with Crippen molar-refractivity contribution < 1.29 is 9.53 Å². The van der Waals surface area contributed by atoms with E-state index < -0.39 is 0 Å². The first kappa shape index (κ1) is 14.3. The van der Waals surface area contributed by atoms with Crippen molar-refractivity contribution in [3.05, 3.63) is 71.8 Å². The van der Waals surface area contributed by atoms with Gasteiger partial charge in [0.1, 0.15) is 0 Å². The maximum Gasteiger partial charge on any atom is 0.337 e. The van der Waals surface area contributed by atoms with Crippen LogP contribution in [0.5, 0.6) is 0 Å². The van der Waals surface area contributed by atoms with Gasteiger partial charge in [0.15, 0.2) is 0 Å². The van der Waals surface area contributed by atoms with Gasteiger partial charge in [-0.25, -0.2) is 4.79 Å². The molecule has 0 fully saturated rings. The summed E-state index contributed by atoms with van der Waals surface area (Å²) in [5.74, 6) is -0.307. The molecule has 0 N–H and O–H groups in total. The SMILES string of the molecule is CCc1cccc(-c2cc(C(=O)OC)cc3ccccc23)c1. The van der Waals surface area contributed by atoms with Crippen LogP contribution in [0.1, 0.15) is 22.8 Å². The average Bonchev–Trinajstić information content (AvgIpc) is 2.60. The summed E-state index contributed by atoms with van der Waals surface area (Å²) in [6, 6.07) is 20.4. The second-order valence-corrected chi connectivity index (χ2v) is 5.29. The van der Waals surface area contributed by atoms with Crippen molar-refractivity contribution in [2.24, 2.45) is 0 Å². The van der Waals surface area contributed by atoms with Crippen LogP contribution in [-0.4, -0.2) is 13.1 Å². The average molecular weight is 290 g/mol. The third kappa shape index (κ3) is 2.60. The predicted molar refractivity (Wildman–Crippen MR) is 90.1 cm³/mol. The number of ether oxygens (including phenoxy) is 1. The zero-order valence-corrected chi connectivity index (χ0v) is 12.8. The van der Waals surface area contributed by atoms with E-state index in [2.05, 4.69) is 37.3 Å². The van der Waals surface area contributed by atoms with Crippen LogP contribution in [0.3, 0.4) is 0 Å². The van der Waals surface area contributed by atoms with E-state index in [4.69, 9.17) is 4.74 Å². The molecule has 3 aromatic carbocycles. The Balaban J connectivity index is 2.28. The van der Waals surface area contributed by atoms with Crippen molar-refractivity contribution in [2.45, 2.75) is 13.3 Å². The van der Waals surface area contributed by atoms with Gasteiger partial charge in [0.25, 0.3) is 0 Å². The number of rotatable bonds is 3. The molecule has 0 saturated carbocycles. The summed E-state index contributed by atoms with van der Waals surface area (Å²) < 4.78 is 4.88. The molecule has 0 radical (unpaired) electrons. The summed E-state index contributed by atoms with van der Waals surface area (Å²) in [5.41, 5.74) is 4.05. The number of hydrogen-bond donors (Lipinski definition) is 0. The maximum atomic E-state index is 11.9. The Kier molecular flexibility index (Phi) is 3.92. The van der Waals surface area contributed by atoms with Crippen LogP contribution in [0.2, 0.25) is 0 Å². The molecule has 110 valence electrons. The van der Waals surface area contributed by atoms with Gasteiger partial charge < -0.3 is 4.74 Å². The highest BCUT2D eigenvalue weighted by Gasteiger charge is 2.11. The minimum atomic E-state index is -0.307. The first-order valence-corrected chi connectivity index (χ1v) is 7.43. The van der Waals surface area contributed by atoms with Gasteiger partial charge in [-0.05, 0) is 46.0 Å². The molecule has 0 saturated heterocycles. The van der Waals surface area contributed by atoms with E-state index in [1.54, 1.807) is 0 Å². The molecule has 0 amide bonds. The van der Waals surface area contributed by atoms with Crippen molar-refractivity contribution in [3.8, 4) is 11.1 Å². The van der Waals surface area contributed by atoms with Gasteiger partial charge in [0, 0.05) is 0 Å². The number of methoxy groups -OCH3 is 1. The molecule has 0 bridgehead atoms. The minimum absolute atomic E-state index is 0.307. The summed E-state index contributed by atoms with van der Waals surface area (Å²) in [5, 5.41) is 2.19. The predicted octanol–water partition coefficient (Wildman–Crippen LogP) is 4.86. The third-order valence-corrected chi connectivity index (χ3v) is 3.93. The number of esters is 1. The molecule has 0 unspecified atom stereocenters. The minimum Gasteiger partial charge on any atom is -0.465 e. The molecule has 0 heterocycles. The van der Waals surface area contributed by atoms with Gasteiger partial charge in [-0.2, -0.15) is 0 Å². The molecule has 0 aromatic heterocycles. The van der Waals surface area contributed by atoms with Crippen LogP contribution in [0.4, 0.5) is 0 Å². The maximum absolute atomic E-state index is 11.9. The highest BCUT2D eigenvalue weighted by molar-refractivity contribution is 6.03. The number of carbonyl (C=O) groups excluding carboxylic acids is 1. The molecule has 0 aliphatic carbocycles. The van der Waals surface area contributed by atoms with E-state index in [0.29, 0.717) is 5.56 Å². The second kappa shape index (κ2) is 6.02. The Morgan fingerprint density at radius 2 is 1.82 bits per heavy atom. The summed E-state index contributed by atoms with van der Waals surface area (Å²) in [7, 11) is 1.41. The number of carbonyl (C=O) groups is 1. The van der Waals surface area contributed by atoms with Gasteiger partial charge in [0.05, 0.1) is 12.7 Å². The number of aryl methyl sites for hydroxylation is 1. The van der Waals surface area contributed by atoms with Crippen molar-refractivity contribution in [1.29, 1.82) is 0 Å². The smallest absolute Gasteiger partial charge is 0.337 e. The van der Waals surface area contributed by atoms with Crippen LogP contribution in [0.15, 0.2) is 60.7 Å². The van der Waals surface area contributed by atoms with Gasteiger partial charge in [-0.15, -0.1) is 0 Å². The van der Waals surface area contributed by atoms with Crippen LogP contribution >= 0.6 is 0 Å². The van der Waals surface area contributed by atoms with E-state index in [1.165, 1.54) is 12.7 Å². The zero-order valence-electron chi connectivity index (χ0n) is 12.8. The lowest BCUT2D eigenvalue weighted by atomic mass is 9.94. The summed E-state index contributed by atoms with van der Waals surface area (Å²) in [6.45, 7) is 2.14. The lowest BCUT2D eigenvalue weighted by Crippen LogP contribution is -2.01. The van der Waals surface area contributed by atoms with Crippen LogP contribution in [0.25, 0.3) is 21.9 Å². The Bertz CT molecular complexity index is 834. The standard InChI is InChI=1S/C20H18O2/c1-3-14-7-6-9-15(11-14)19-13-17(20(21)22-2)12-16-8-4-5-10-18(16)19/h4-13H,3H2,1-2H3. The monoisotopic (exact) mass is 290 g/mol. The molecular formula is C20H18O2. The lowest BCUT2D eigenvalue weighted by Gasteiger charge is -2.11.